The first-order valence-corrected chi connectivity index (χ1v) is 10.5. The molecule has 0 aliphatic carbocycles. The van der Waals surface area contributed by atoms with Crippen LogP contribution in [0.1, 0.15) is 22.8 Å². The zero-order valence-electron chi connectivity index (χ0n) is 15.7. The number of amides is 1. The van der Waals surface area contributed by atoms with E-state index in [9.17, 15) is 13.2 Å². The number of hydrogen-bond acceptors (Lipinski definition) is 4. The number of hydrogen-bond donors (Lipinski definition) is 1. The molecule has 146 valence electrons. The van der Waals surface area contributed by atoms with Crippen LogP contribution in [0.2, 0.25) is 5.02 Å². The van der Waals surface area contributed by atoms with Crippen molar-refractivity contribution in [2.24, 2.45) is 0 Å². The second kappa shape index (κ2) is 8.63. The Balaban J connectivity index is 2.07. The quantitative estimate of drug-likeness (QED) is 0.760. The van der Waals surface area contributed by atoms with Crippen molar-refractivity contribution in [3.63, 3.8) is 0 Å². The molecule has 0 aromatic heterocycles. The molecule has 2 aromatic rings. The van der Waals surface area contributed by atoms with Crippen LogP contribution in [0.15, 0.2) is 42.5 Å². The van der Waals surface area contributed by atoms with E-state index in [1.54, 1.807) is 6.07 Å². The van der Waals surface area contributed by atoms with E-state index in [-0.39, 0.29) is 23.2 Å². The Labute approximate surface area is 165 Å². The van der Waals surface area contributed by atoms with E-state index in [1.807, 2.05) is 38.1 Å². The Bertz CT molecular complexity index is 931. The van der Waals surface area contributed by atoms with E-state index in [1.165, 1.54) is 19.2 Å². The summed E-state index contributed by atoms with van der Waals surface area (Å²) in [6.45, 7) is 4.05. The fourth-order valence-corrected chi connectivity index (χ4v) is 3.05. The third kappa shape index (κ3) is 5.61. The zero-order chi connectivity index (χ0) is 20.2. The number of nitrogens with one attached hydrogen (secondary N) is 1. The number of halogens is 1. The lowest BCUT2D eigenvalue weighted by atomic mass is 10.1. The molecule has 1 N–H and O–H groups in total. The highest BCUT2D eigenvalue weighted by molar-refractivity contribution is 7.92. The van der Waals surface area contributed by atoms with Gasteiger partial charge in [-0.15, -0.1) is 0 Å². The van der Waals surface area contributed by atoms with Crippen molar-refractivity contribution in [2.45, 2.75) is 19.9 Å². The van der Waals surface area contributed by atoms with Crippen molar-refractivity contribution in [3.05, 3.63) is 58.6 Å². The normalized spacial score (nSPS) is 12.3. The van der Waals surface area contributed by atoms with Crippen molar-refractivity contribution in [1.29, 1.82) is 0 Å². The monoisotopic (exact) mass is 410 g/mol. The second-order valence-corrected chi connectivity index (χ2v) is 8.77. The molecule has 2 rings (SSSR count). The molecule has 0 aliphatic rings. The smallest absolute Gasteiger partial charge is 0.253 e. The zero-order valence-corrected chi connectivity index (χ0v) is 17.3. The topological polar surface area (TPSA) is 75.7 Å². The molecule has 8 heteroatoms. The first-order chi connectivity index (χ1) is 12.6. The van der Waals surface area contributed by atoms with Crippen LogP contribution < -0.4 is 14.4 Å². The molecule has 0 fully saturated rings. The number of nitrogens with zero attached hydrogens (tertiary/aromatic N) is 1. The molecule has 0 bridgehead atoms. The molecule has 1 atom stereocenters. The van der Waals surface area contributed by atoms with Gasteiger partial charge in [0.25, 0.3) is 5.91 Å². The minimum absolute atomic E-state index is 0.201. The van der Waals surface area contributed by atoms with Gasteiger partial charge in [0, 0.05) is 7.05 Å². The Morgan fingerprint density at radius 2 is 1.93 bits per heavy atom. The molecule has 6 nitrogen and oxygen atoms in total. The Morgan fingerprint density at radius 3 is 2.56 bits per heavy atom. The fraction of sp³-hybridized carbons (Fsp3) is 0.316. The largest absolute Gasteiger partial charge is 0.491 e. The molecule has 0 saturated heterocycles. The van der Waals surface area contributed by atoms with Crippen LogP contribution in [-0.2, 0) is 10.0 Å². The van der Waals surface area contributed by atoms with Gasteiger partial charge in [0.05, 0.1) is 28.6 Å². The summed E-state index contributed by atoms with van der Waals surface area (Å²) in [5, 5.41) is 3.06. The van der Waals surface area contributed by atoms with E-state index < -0.39 is 15.9 Å². The van der Waals surface area contributed by atoms with Gasteiger partial charge in [-0.25, -0.2) is 8.42 Å². The minimum Gasteiger partial charge on any atom is -0.491 e. The van der Waals surface area contributed by atoms with Crippen LogP contribution in [-0.4, -0.2) is 40.3 Å². The number of carbonyl (C=O) groups excluding carboxylic acids is 1. The maximum Gasteiger partial charge on any atom is 0.253 e. The van der Waals surface area contributed by atoms with E-state index in [2.05, 4.69) is 5.32 Å². The fourth-order valence-electron chi connectivity index (χ4n) is 2.35. The van der Waals surface area contributed by atoms with Gasteiger partial charge in [-0.05, 0) is 43.7 Å². The number of rotatable bonds is 7. The Kier molecular flexibility index (Phi) is 6.73. The molecule has 0 aliphatic heterocycles. The van der Waals surface area contributed by atoms with E-state index in [4.69, 9.17) is 16.3 Å². The summed E-state index contributed by atoms with van der Waals surface area (Å²) in [4.78, 5) is 12.6. The molecular weight excluding hydrogens is 388 g/mol. The van der Waals surface area contributed by atoms with E-state index >= 15 is 0 Å². The van der Waals surface area contributed by atoms with Crippen LogP contribution in [0, 0.1) is 6.92 Å². The first-order valence-electron chi connectivity index (χ1n) is 8.32. The number of ether oxygens (including phenoxy) is 1. The third-order valence-electron chi connectivity index (χ3n) is 4.02. The highest BCUT2D eigenvalue weighted by atomic mass is 35.5. The Hall–Kier alpha value is -2.25. The maximum absolute atomic E-state index is 12.6. The van der Waals surface area contributed by atoms with Gasteiger partial charge < -0.3 is 10.1 Å². The molecule has 0 radical (unpaired) electrons. The molecule has 0 heterocycles. The van der Waals surface area contributed by atoms with Gasteiger partial charge >= 0.3 is 0 Å². The molecule has 27 heavy (non-hydrogen) atoms. The Morgan fingerprint density at radius 1 is 1.26 bits per heavy atom. The summed E-state index contributed by atoms with van der Waals surface area (Å²) < 4.78 is 30.2. The van der Waals surface area contributed by atoms with Crippen molar-refractivity contribution < 1.29 is 17.9 Å². The van der Waals surface area contributed by atoms with Crippen LogP contribution in [0.4, 0.5) is 5.69 Å². The van der Waals surface area contributed by atoms with Crippen LogP contribution in [0.5, 0.6) is 5.75 Å². The van der Waals surface area contributed by atoms with Gasteiger partial charge in [0.1, 0.15) is 12.4 Å². The molecule has 1 unspecified atom stereocenters. The molecule has 2 aromatic carbocycles. The summed E-state index contributed by atoms with van der Waals surface area (Å²) >= 11 is 6.13. The highest BCUT2D eigenvalue weighted by Gasteiger charge is 2.18. The lowest BCUT2D eigenvalue weighted by Gasteiger charge is -2.19. The van der Waals surface area contributed by atoms with Gasteiger partial charge in [0.2, 0.25) is 10.0 Å². The number of sulfonamides is 1. The first kappa shape index (κ1) is 21.1. The average molecular weight is 411 g/mol. The van der Waals surface area contributed by atoms with Crippen LogP contribution >= 0.6 is 11.6 Å². The van der Waals surface area contributed by atoms with Crippen molar-refractivity contribution in [2.75, 3.05) is 24.2 Å². The standard InChI is InChI=1S/C19H23ClN2O4S/c1-13-7-5-6-8-18(13)26-12-14(2)21-19(23)16-11-15(9-10-17(16)20)22(3)27(4,24)25/h5-11,14H,12H2,1-4H3,(H,21,23). The number of para-hydroxylation sites is 1. The lowest BCUT2D eigenvalue weighted by Crippen LogP contribution is -2.37. The minimum atomic E-state index is -3.44. The van der Waals surface area contributed by atoms with Gasteiger partial charge in [-0.2, -0.15) is 0 Å². The SMILES string of the molecule is Cc1ccccc1OCC(C)NC(=O)c1cc(N(C)S(C)(=O)=O)ccc1Cl. The van der Waals surface area contributed by atoms with Gasteiger partial charge in [0.15, 0.2) is 0 Å². The summed E-state index contributed by atoms with van der Waals surface area (Å²) in [5.41, 5.74) is 1.57. The highest BCUT2D eigenvalue weighted by Crippen LogP contribution is 2.24. The van der Waals surface area contributed by atoms with Crippen molar-refractivity contribution in [1.82, 2.24) is 5.32 Å². The molecule has 0 saturated carbocycles. The average Bonchev–Trinajstić information content (AvgIpc) is 2.60. The molecule has 1 amide bonds. The van der Waals surface area contributed by atoms with E-state index in [0.29, 0.717) is 5.69 Å². The van der Waals surface area contributed by atoms with E-state index in [0.717, 1.165) is 21.9 Å². The van der Waals surface area contributed by atoms with Gasteiger partial charge in [-0.1, -0.05) is 29.8 Å². The third-order valence-corrected chi connectivity index (χ3v) is 5.55. The predicted octanol–water partition coefficient (Wildman–Crippen LogP) is 3.24. The van der Waals surface area contributed by atoms with Crippen LogP contribution in [0.3, 0.4) is 0 Å². The summed E-state index contributed by atoms with van der Waals surface area (Å²) in [6.07, 6.45) is 1.09. The molecule has 0 spiro atoms. The summed E-state index contributed by atoms with van der Waals surface area (Å²) in [5.74, 6) is 0.359. The van der Waals surface area contributed by atoms with Crippen LogP contribution in [0.25, 0.3) is 0 Å². The predicted molar refractivity (Wildman–Crippen MR) is 108 cm³/mol. The second-order valence-electron chi connectivity index (χ2n) is 6.35. The number of aryl methyl sites for hydroxylation is 1. The summed E-state index contributed by atoms with van der Waals surface area (Å²) in [7, 11) is -2.02. The summed E-state index contributed by atoms with van der Waals surface area (Å²) in [6, 6.07) is 11.9. The maximum atomic E-state index is 12.6. The van der Waals surface area contributed by atoms with Crippen molar-refractivity contribution >= 4 is 33.2 Å². The van der Waals surface area contributed by atoms with Crippen molar-refractivity contribution in [3.8, 4) is 5.75 Å². The van der Waals surface area contributed by atoms with Gasteiger partial charge in [-0.3, -0.25) is 9.10 Å². The number of carbonyl (C=O) groups is 1. The molecular formula is C19H23ClN2O4S. The number of benzene rings is 2. The number of anilines is 1. The lowest BCUT2D eigenvalue weighted by molar-refractivity contribution is 0.0926.